The molecular formula is C24H26N4O2. The zero-order valence-electron chi connectivity index (χ0n) is 16.8. The summed E-state index contributed by atoms with van der Waals surface area (Å²) in [6, 6.07) is 14.2. The number of aliphatic hydroxyl groups excluding tert-OH is 1. The van der Waals surface area contributed by atoms with Crippen LogP contribution in [0.3, 0.4) is 0 Å². The monoisotopic (exact) mass is 402 g/mol. The van der Waals surface area contributed by atoms with Crippen molar-refractivity contribution < 1.29 is 9.90 Å². The van der Waals surface area contributed by atoms with Crippen LogP contribution in [0.15, 0.2) is 48.7 Å². The van der Waals surface area contributed by atoms with E-state index in [0.29, 0.717) is 11.5 Å². The van der Waals surface area contributed by atoms with Crippen molar-refractivity contribution in [2.24, 2.45) is 0 Å². The minimum atomic E-state index is -0.187. The van der Waals surface area contributed by atoms with Gasteiger partial charge in [0.15, 0.2) is 0 Å². The molecule has 1 heterocycles. The molecule has 30 heavy (non-hydrogen) atoms. The number of rotatable bonds is 4. The smallest absolute Gasteiger partial charge is 0.251 e. The number of benzene rings is 2. The third-order valence-electron chi connectivity index (χ3n) is 6.31. The van der Waals surface area contributed by atoms with E-state index < -0.39 is 0 Å². The number of aryl methyl sites for hydroxylation is 1. The fourth-order valence-electron chi connectivity index (χ4n) is 4.59. The molecule has 3 aromatic rings. The number of anilines is 1. The normalized spacial score (nSPS) is 23.2. The van der Waals surface area contributed by atoms with Gasteiger partial charge in [-0.2, -0.15) is 0 Å². The van der Waals surface area contributed by atoms with Crippen LogP contribution in [-0.4, -0.2) is 33.1 Å². The van der Waals surface area contributed by atoms with Gasteiger partial charge >= 0.3 is 0 Å². The zero-order valence-corrected chi connectivity index (χ0v) is 16.8. The topological polar surface area (TPSA) is 87.1 Å². The predicted molar refractivity (Wildman–Crippen MR) is 116 cm³/mol. The summed E-state index contributed by atoms with van der Waals surface area (Å²) in [5.74, 6) is 0.499. The fraction of sp³-hybridized carbons (Fsp3) is 0.375. The molecule has 2 aliphatic rings. The molecule has 0 bridgehead atoms. The average Bonchev–Trinajstić information content (AvgIpc) is 3.18. The van der Waals surface area contributed by atoms with Crippen molar-refractivity contribution in [2.45, 2.75) is 56.7 Å². The van der Waals surface area contributed by atoms with E-state index in [1.807, 2.05) is 30.3 Å². The van der Waals surface area contributed by atoms with Crippen LogP contribution in [0.1, 0.15) is 59.6 Å². The molecule has 2 aromatic carbocycles. The number of hydrogen-bond donors (Lipinski definition) is 3. The van der Waals surface area contributed by atoms with Crippen molar-refractivity contribution in [3.05, 3.63) is 65.4 Å². The Labute approximate surface area is 175 Å². The fourth-order valence-corrected chi connectivity index (χ4v) is 4.59. The van der Waals surface area contributed by atoms with E-state index in [0.717, 1.165) is 49.4 Å². The predicted octanol–water partition coefficient (Wildman–Crippen LogP) is 3.76. The van der Waals surface area contributed by atoms with Crippen LogP contribution in [0.4, 0.5) is 5.95 Å². The quantitative estimate of drug-likeness (QED) is 0.618. The molecule has 6 heteroatoms. The van der Waals surface area contributed by atoms with Crippen molar-refractivity contribution >= 4 is 22.8 Å². The number of amides is 1. The lowest BCUT2D eigenvalue weighted by atomic mass is 9.93. The SMILES string of the molecule is O=C(NC1CCc2ccccc21)c1ccc2cnc(NC3CCC(O)CC3)nc2c1. The first-order valence-electron chi connectivity index (χ1n) is 10.8. The molecule has 1 unspecified atom stereocenters. The van der Waals surface area contributed by atoms with E-state index >= 15 is 0 Å². The van der Waals surface area contributed by atoms with Crippen molar-refractivity contribution in [1.82, 2.24) is 15.3 Å². The second-order valence-corrected chi connectivity index (χ2v) is 8.38. The van der Waals surface area contributed by atoms with Gasteiger partial charge in [0.25, 0.3) is 5.91 Å². The summed E-state index contributed by atoms with van der Waals surface area (Å²) < 4.78 is 0. The molecule has 6 nitrogen and oxygen atoms in total. The Hall–Kier alpha value is -2.99. The number of aromatic nitrogens is 2. The molecule has 0 aliphatic heterocycles. The largest absolute Gasteiger partial charge is 0.393 e. The molecule has 0 saturated heterocycles. The molecule has 154 valence electrons. The molecule has 5 rings (SSSR count). The number of carbonyl (C=O) groups excluding carboxylic acids is 1. The van der Waals surface area contributed by atoms with Gasteiger partial charge in [-0.05, 0) is 61.8 Å². The van der Waals surface area contributed by atoms with Gasteiger partial charge in [-0.15, -0.1) is 0 Å². The van der Waals surface area contributed by atoms with Crippen molar-refractivity contribution in [3.8, 4) is 0 Å². The summed E-state index contributed by atoms with van der Waals surface area (Å²) in [5.41, 5.74) is 3.90. The molecular weight excluding hydrogens is 376 g/mol. The average molecular weight is 402 g/mol. The number of nitrogens with one attached hydrogen (secondary N) is 2. The summed E-state index contributed by atoms with van der Waals surface area (Å²) in [5, 5.41) is 17.1. The van der Waals surface area contributed by atoms with Gasteiger partial charge in [0.2, 0.25) is 5.95 Å². The Kier molecular flexibility index (Phi) is 5.09. The van der Waals surface area contributed by atoms with E-state index in [9.17, 15) is 9.90 Å². The molecule has 0 radical (unpaired) electrons. The Balaban J connectivity index is 1.32. The van der Waals surface area contributed by atoms with Gasteiger partial charge in [0.1, 0.15) is 0 Å². The molecule has 3 N–H and O–H groups in total. The maximum absolute atomic E-state index is 12.9. The Morgan fingerprint density at radius 1 is 1.03 bits per heavy atom. The van der Waals surface area contributed by atoms with Gasteiger partial charge < -0.3 is 15.7 Å². The Morgan fingerprint density at radius 2 is 1.87 bits per heavy atom. The van der Waals surface area contributed by atoms with Gasteiger partial charge in [-0.25, -0.2) is 9.97 Å². The molecule has 1 amide bonds. The maximum Gasteiger partial charge on any atom is 0.251 e. The number of carbonyl (C=O) groups is 1. The third kappa shape index (κ3) is 3.87. The minimum Gasteiger partial charge on any atom is -0.393 e. The first-order valence-corrected chi connectivity index (χ1v) is 10.8. The van der Waals surface area contributed by atoms with Crippen molar-refractivity contribution in [1.29, 1.82) is 0 Å². The number of fused-ring (bicyclic) bond motifs is 2. The molecule has 1 aromatic heterocycles. The standard InChI is InChI=1S/C24H26N4O2/c29-19-10-8-18(9-11-19)26-24-25-14-17-6-5-16(13-22(17)28-24)23(30)27-21-12-7-15-3-1-2-4-20(15)21/h1-6,13-14,18-19,21,29H,7-12H2,(H,27,30)(H,25,26,28). The van der Waals surface area contributed by atoms with Crippen molar-refractivity contribution in [2.75, 3.05) is 5.32 Å². The summed E-state index contributed by atoms with van der Waals surface area (Å²) in [6.07, 6.45) is 6.97. The van der Waals surface area contributed by atoms with E-state index in [1.54, 1.807) is 6.20 Å². The van der Waals surface area contributed by atoms with Crippen LogP contribution in [0, 0.1) is 0 Å². The van der Waals surface area contributed by atoms with Crippen LogP contribution in [0.2, 0.25) is 0 Å². The summed E-state index contributed by atoms with van der Waals surface area (Å²) in [4.78, 5) is 21.9. The number of nitrogens with zero attached hydrogens (tertiary/aromatic N) is 2. The van der Waals surface area contributed by atoms with E-state index in [4.69, 9.17) is 0 Å². The first kappa shape index (κ1) is 19.0. The highest BCUT2D eigenvalue weighted by Crippen LogP contribution is 2.31. The van der Waals surface area contributed by atoms with E-state index in [-0.39, 0.29) is 24.1 Å². The zero-order chi connectivity index (χ0) is 20.5. The molecule has 1 atom stereocenters. The minimum absolute atomic E-state index is 0.0636. The number of aliphatic hydroxyl groups is 1. The third-order valence-corrected chi connectivity index (χ3v) is 6.31. The Morgan fingerprint density at radius 3 is 2.73 bits per heavy atom. The summed E-state index contributed by atoms with van der Waals surface area (Å²) in [7, 11) is 0. The van der Waals surface area contributed by atoms with Gasteiger partial charge in [0, 0.05) is 23.2 Å². The second-order valence-electron chi connectivity index (χ2n) is 8.38. The molecule has 2 aliphatic carbocycles. The highest BCUT2D eigenvalue weighted by Gasteiger charge is 2.24. The Bertz CT molecular complexity index is 1080. The highest BCUT2D eigenvalue weighted by molar-refractivity contribution is 5.98. The first-order chi connectivity index (χ1) is 14.7. The van der Waals surface area contributed by atoms with Gasteiger partial charge in [0.05, 0.1) is 17.7 Å². The van der Waals surface area contributed by atoms with Crippen LogP contribution in [-0.2, 0) is 6.42 Å². The van der Waals surface area contributed by atoms with Crippen molar-refractivity contribution in [3.63, 3.8) is 0 Å². The van der Waals surface area contributed by atoms with Gasteiger partial charge in [-0.1, -0.05) is 30.3 Å². The number of hydrogen-bond acceptors (Lipinski definition) is 5. The molecule has 1 fully saturated rings. The maximum atomic E-state index is 12.9. The summed E-state index contributed by atoms with van der Waals surface area (Å²) >= 11 is 0. The van der Waals surface area contributed by atoms with Crippen LogP contribution in [0.5, 0.6) is 0 Å². The van der Waals surface area contributed by atoms with Crippen LogP contribution < -0.4 is 10.6 Å². The molecule has 0 spiro atoms. The van der Waals surface area contributed by atoms with E-state index in [2.05, 4.69) is 32.7 Å². The van der Waals surface area contributed by atoms with Crippen LogP contribution >= 0.6 is 0 Å². The lowest BCUT2D eigenvalue weighted by molar-refractivity contribution is 0.0937. The highest BCUT2D eigenvalue weighted by atomic mass is 16.3. The molecule has 1 saturated carbocycles. The summed E-state index contributed by atoms with van der Waals surface area (Å²) in [6.45, 7) is 0. The van der Waals surface area contributed by atoms with Gasteiger partial charge in [-0.3, -0.25) is 4.79 Å². The van der Waals surface area contributed by atoms with Crippen LogP contribution in [0.25, 0.3) is 10.9 Å². The lowest BCUT2D eigenvalue weighted by Crippen LogP contribution is -2.29. The second kappa shape index (κ2) is 8.03. The van der Waals surface area contributed by atoms with E-state index in [1.165, 1.54) is 11.1 Å². The lowest BCUT2D eigenvalue weighted by Gasteiger charge is -2.26.